The summed E-state index contributed by atoms with van der Waals surface area (Å²) >= 11 is 3.23. The molecule has 0 aliphatic carbocycles. The lowest BCUT2D eigenvalue weighted by Crippen LogP contribution is -2.31. The molecule has 0 spiro atoms. The number of thiophene rings is 1. The van der Waals surface area contributed by atoms with Crippen LogP contribution in [0.25, 0.3) is 0 Å². The predicted molar refractivity (Wildman–Crippen MR) is 91.8 cm³/mol. The minimum Gasteiger partial charge on any atom is -0.348 e. The molecule has 1 atom stereocenters. The van der Waals surface area contributed by atoms with Gasteiger partial charge < -0.3 is 5.32 Å². The molecule has 0 aliphatic heterocycles. The zero-order valence-electron chi connectivity index (χ0n) is 12.7. The topological polar surface area (TPSA) is 29.1 Å². The van der Waals surface area contributed by atoms with Crippen molar-refractivity contribution in [3.8, 4) is 0 Å². The highest BCUT2D eigenvalue weighted by Gasteiger charge is 2.18. The summed E-state index contributed by atoms with van der Waals surface area (Å²) in [5.74, 6) is 0.860. The maximum atomic E-state index is 12.8. The third kappa shape index (κ3) is 5.14. The molecule has 0 radical (unpaired) electrons. The molecule has 5 heteroatoms. The van der Waals surface area contributed by atoms with Gasteiger partial charge >= 0.3 is 0 Å². The van der Waals surface area contributed by atoms with Gasteiger partial charge in [0, 0.05) is 21.9 Å². The second-order valence-electron chi connectivity index (χ2n) is 5.36. The van der Waals surface area contributed by atoms with Crippen molar-refractivity contribution in [2.45, 2.75) is 31.2 Å². The van der Waals surface area contributed by atoms with E-state index in [1.165, 1.54) is 17.0 Å². The van der Waals surface area contributed by atoms with Crippen molar-refractivity contribution in [2.75, 3.05) is 5.75 Å². The maximum Gasteiger partial charge on any atom is 0.221 e. The number of hydrogen-bond donors (Lipinski definition) is 1. The van der Waals surface area contributed by atoms with Gasteiger partial charge in [-0.25, -0.2) is 4.39 Å². The first-order valence-electron chi connectivity index (χ1n) is 7.27. The zero-order chi connectivity index (χ0) is 15.9. The summed E-state index contributed by atoms with van der Waals surface area (Å²) in [6, 6.07) is 10.5. The molecule has 1 aromatic heterocycles. The van der Waals surface area contributed by atoms with Crippen LogP contribution < -0.4 is 5.32 Å². The fourth-order valence-electron chi connectivity index (χ4n) is 2.07. The third-order valence-corrected chi connectivity index (χ3v) is 5.21. The molecule has 1 N–H and O–H groups in total. The third-order valence-electron chi connectivity index (χ3n) is 3.24. The molecule has 2 nitrogen and oxygen atoms in total. The fourth-order valence-corrected chi connectivity index (χ4v) is 3.87. The van der Waals surface area contributed by atoms with E-state index in [-0.39, 0.29) is 17.8 Å². The maximum absolute atomic E-state index is 12.8. The normalized spacial score (nSPS) is 12.4. The molecule has 0 saturated carbocycles. The molecular weight excluding hydrogens is 317 g/mol. The van der Waals surface area contributed by atoms with Crippen LogP contribution in [0.3, 0.4) is 0 Å². The Kier molecular flexibility index (Phi) is 6.46. The summed E-state index contributed by atoms with van der Waals surface area (Å²) in [4.78, 5) is 14.3. The Morgan fingerprint density at radius 3 is 2.59 bits per heavy atom. The van der Waals surface area contributed by atoms with Crippen molar-refractivity contribution in [1.82, 2.24) is 5.32 Å². The van der Waals surface area contributed by atoms with Crippen LogP contribution in [-0.4, -0.2) is 11.7 Å². The van der Waals surface area contributed by atoms with E-state index >= 15 is 0 Å². The molecule has 0 bridgehead atoms. The average Bonchev–Trinajstić information content (AvgIpc) is 3.00. The van der Waals surface area contributed by atoms with Gasteiger partial charge in [0.25, 0.3) is 0 Å². The summed E-state index contributed by atoms with van der Waals surface area (Å²) in [5.41, 5.74) is 0. The number of benzene rings is 1. The van der Waals surface area contributed by atoms with E-state index in [4.69, 9.17) is 0 Å². The van der Waals surface area contributed by atoms with E-state index in [0.29, 0.717) is 18.1 Å². The number of amides is 1. The minimum atomic E-state index is -0.238. The average molecular weight is 337 g/mol. The lowest BCUT2D eigenvalue weighted by atomic mass is 10.0. The minimum absolute atomic E-state index is 0.0571. The monoisotopic (exact) mass is 337 g/mol. The Morgan fingerprint density at radius 1 is 1.27 bits per heavy atom. The SMILES string of the molecule is CC(C)[C@H](NC(=O)CCSc1ccc(F)cc1)c1cccs1. The van der Waals surface area contributed by atoms with Gasteiger partial charge in [-0.05, 0) is 41.6 Å². The molecule has 0 fully saturated rings. The van der Waals surface area contributed by atoms with Crippen LogP contribution in [0.5, 0.6) is 0 Å². The Bertz CT molecular complexity index is 581. The van der Waals surface area contributed by atoms with Crippen molar-refractivity contribution in [1.29, 1.82) is 0 Å². The highest BCUT2D eigenvalue weighted by molar-refractivity contribution is 7.99. The van der Waals surface area contributed by atoms with Gasteiger partial charge in [-0.1, -0.05) is 19.9 Å². The van der Waals surface area contributed by atoms with Crippen molar-refractivity contribution >= 4 is 29.0 Å². The van der Waals surface area contributed by atoms with Crippen molar-refractivity contribution in [2.24, 2.45) is 5.92 Å². The molecule has 0 saturated heterocycles. The van der Waals surface area contributed by atoms with Gasteiger partial charge in [0.1, 0.15) is 5.82 Å². The summed E-state index contributed by atoms with van der Waals surface area (Å²) in [5, 5.41) is 5.14. The van der Waals surface area contributed by atoms with E-state index in [1.807, 2.05) is 11.4 Å². The number of thioether (sulfide) groups is 1. The molecule has 0 unspecified atom stereocenters. The highest BCUT2D eigenvalue weighted by atomic mass is 32.2. The van der Waals surface area contributed by atoms with E-state index in [2.05, 4.69) is 25.2 Å². The van der Waals surface area contributed by atoms with Crippen molar-refractivity contribution < 1.29 is 9.18 Å². The highest BCUT2D eigenvalue weighted by Crippen LogP contribution is 2.26. The van der Waals surface area contributed by atoms with Crippen molar-refractivity contribution in [3.63, 3.8) is 0 Å². The second-order valence-corrected chi connectivity index (χ2v) is 7.50. The molecule has 2 aromatic rings. The Hall–Kier alpha value is -1.33. The summed E-state index contributed by atoms with van der Waals surface area (Å²) < 4.78 is 12.8. The number of halogens is 1. The molecule has 1 amide bonds. The van der Waals surface area contributed by atoms with E-state index in [9.17, 15) is 9.18 Å². The Balaban J connectivity index is 1.80. The molecule has 2 rings (SSSR count). The van der Waals surface area contributed by atoms with Gasteiger partial charge in [-0.2, -0.15) is 0 Å². The number of rotatable bonds is 7. The van der Waals surface area contributed by atoms with Crippen LogP contribution >= 0.6 is 23.1 Å². The molecule has 22 heavy (non-hydrogen) atoms. The van der Waals surface area contributed by atoms with Crippen LogP contribution in [-0.2, 0) is 4.79 Å². The van der Waals surface area contributed by atoms with Crippen molar-refractivity contribution in [3.05, 3.63) is 52.5 Å². The van der Waals surface area contributed by atoms with Crippen LogP contribution in [0.2, 0.25) is 0 Å². The summed E-state index contributed by atoms with van der Waals surface area (Å²) in [7, 11) is 0. The fraction of sp³-hybridized carbons (Fsp3) is 0.353. The van der Waals surface area contributed by atoms with Gasteiger partial charge in [0.15, 0.2) is 0 Å². The number of carbonyl (C=O) groups excluding carboxylic acids is 1. The van der Waals surface area contributed by atoms with Gasteiger partial charge in [-0.3, -0.25) is 4.79 Å². The first kappa shape index (κ1) is 17.0. The molecule has 118 valence electrons. The lowest BCUT2D eigenvalue weighted by Gasteiger charge is -2.21. The second kappa shape index (κ2) is 8.34. The van der Waals surface area contributed by atoms with Gasteiger partial charge in [-0.15, -0.1) is 23.1 Å². The largest absolute Gasteiger partial charge is 0.348 e. The summed E-state index contributed by atoms with van der Waals surface area (Å²) in [6.07, 6.45) is 0.455. The number of hydrogen-bond acceptors (Lipinski definition) is 3. The first-order valence-corrected chi connectivity index (χ1v) is 9.14. The summed E-state index contributed by atoms with van der Waals surface area (Å²) in [6.45, 7) is 4.22. The first-order chi connectivity index (χ1) is 10.6. The predicted octanol–water partition coefficient (Wildman–Crippen LogP) is 4.88. The van der Waals surface area contributed by atoms with Gasteiger partial charge in [0.2, 0.25) is 5.91 Å². The van der Waals surface area contributed by atoms with Crippen LogP contribution in [0.1, 0.15) is 31.2 Å². The van der Waals surface area contributed by atoms with Crippen LogP contribution in [0.15, 0.2) is 46.7 Å². The zero-order valence-corrected chi connectivity index (χ0v) is 14.3. The van der Waals surface area contributed by atoms with Gasteiger partial charge in [0.05, 0.1) is 6.04 Å². The number of carbonyl (C=O) groups is 1. The molecule has 1 aromatic carbocycles. The van der Waals surface area contributed by atoms with Crippen LogP contribution in [0, 0.1) is 11.7 Å². The van der Waals surface area contributed by atoms with E-state index < -0.39 is 0 Å². The van der Waals surface area contributed by atoms with Crippen LogP contribution in [0.4, 0.5) is 4.39 Å². The Labute approximate surface area is 139 Å². The molecule has 1 heterocycles. The quantitative estimate of drug-likeness (QED) is 0.729. The Morgan fingerprint density at radius 2 is 2.00 bits per heavy atom. The van der Waals surface area contributed by atoms with E-state index in [0.717, 1.165) is 4.90 Å². The standard InChI is InChI=1S/C17H20FNOS2/c1-12(2)17(15-4-3-10-22-15)19-16(20)9-11-21-14-7-5-13(18)6-8-14/h3-8,10,12,17H,9,11H2,1-2H3,(H,19,20)/t17-/m0/s1. The van der Waals surface area contributed by atoms with E-state index in [1.54, 1.807) is 35.2 Å². The smallest absolute Gasteiger partial charge is 0.221 e. The molecular formula is C17H20FNOS2. The molecule has 0 aliphatic rings. The number of nitrogens with one attached hydrogen (secondary N) is 1. The lowest BCUT2D eigenvalue weighted by molar-refractivity contribution is -0.121.